The fraction of sp³-hybridized carbons (Fsp3) is 0.656. The van der Waals surface area contributed by atoms with Crippen LogP contribution in [0.2, 0.25) is 0 Å². The summed E-state index contributed by atoms with van der Waals surface area (Å²) in [5, 5.41) is 49.2. The van der Waals surface area contributed by atoms with Crippen molar-refractivity contribution in [2.24, 2.45) is 11.7 Å². The van der Waals surface area contributed by atoms with Crippen molar-refractivity contribution in [3.63, 3.8) is 0 Å². The van der Waals surface area contributed by atoms with E-state index in [1.807, 2.05) is 50.1 Å². The lowest BCUT2D eigenvalue weighted by molar-refractivity contribution is -0.291. The van der Waals surface area contributed by atoms with Crippen molar-refractivity contribution in [3.8, 4) is 0 Å². The fourth-order valence-corrected chi connectivity index (χ4v) is 5.39. The summed E-state index contributed by atoms with van der Waals surface area (Å²) in [6, 6.07) is 7.79. The molecule has 45 heavy (non-hydrogen) atoms. The number of nitrogens with one attached hydrogen (secondary N) is 1. The SMILES string of the molecule is CC(C)/C(N)=C(\Cc1ccc(CCCC(=O)NC(C)(C)C(=O)N2CCN(C)CC2)cc1)C(=[NH2+])O[C@@H]1OC(CO)[C@H](O)[C@H](O)[C@H]1O. The number of aliphatic hydroxyl groups is 4. The predicted molar refractivity (Wildman–Crippen MR) is 167 cm³/mol. The maximum atomic E-state index is 13.0. The Labute approximate surface area is 265 Å². The van der Waals surface area contributed by atoms with Gasteiger partial charge in [-0.3, -0.25) is 9.59 Å². The summed E-state index contributed by atoms with van der Waals surface area (Å²) < 4.78 is 11.1. The monoisotopic (exact) mass is 634 g/mol. The molecule has 0 aliphatic carbocycles. The van der Waals surface area contributed by atoms with Gasteiger partial charge in [0, 0.05) is 44.7 Å². The Kier molecular flexibility index (Phi) is 12.9. The number of hydrogen-bond donors (Lipinski definition) is 7. The van der Waals surface area contributed by atoms with Crippen LogP contribution in [0.5, 0.6) is 0 Å². The highest BCUT2D eigenvalue weighted by Gasteiger charge is 2.46. The molecular weight excluding hydrogens is 582 g/mol. The number of nitrogens with two attached hydrogens (primary N) is 2. The first kappa shape index (κ1) is 36.4. The number of ether oxygens (including phenoxy) is 2. The zero-order valence-electron chi connectivity index (χ0n) is 27.1. The van der Waals surface area contributed by atoms with E-state index >= 15 is 0 Å². The number of amides is 2. The van der Waals surface area contributed by atoms with E-state index in [-0.39, 0.29) is 23.6 Å². The molecule has 2 aliphatic heterocycles. The quantitative estimate of drug-likeness (QED) is 0.100. The molecule has 5 atom stereocenters. The van der Waals surface area contributed by atoms with Gasteiger partial charge in [0.05, 0.1) is 12.2 Å². The average Bonchev–Trinajstić information content (AvgIpc) is 3.00. The summed E-state index contributed by atoms with van der Waals surface area (Å²) in [6.07, 6.45) is -5.39. The van der Waals surface area contributed by atoms with Crippen LogP contribution >= 0.6 is 0 Å². The van der Waals surface area contributed by atoms with Crippen LogP contribution in [-0.2, 0) is 31.9 Å². The van der Waals surface area contributed by atoms with Crippen LogP contribution in [0.25, 0.3) is 0 Å². The van der Waals surface area contributed by atoms with Crippen molar-refractivity contribution < 1.29 is 44.9 Å². The van der Waals surface area contributed by atoms with Gasteiger partial charge >= 0.3 is 5.90 Å². The first-order valence-corrected chi connectivity index (χ1v) is 15.6. The molecule has 9 N–H and O–H groups in total. The highest BCUT2D eigenvalue weighted by atomic mass is 16.7. The minimum atomic E-state index is -1.60. The molecule has 0 spiro atoms. The smallest absolute Gasteiger partial charge is 0.366 e. The number of nitrogens with zero attached hydrogens (tertiary/aromatic N) is 2. The average molecular weight is 635 g/mol. The van der Waals surface area contributed by atoms with Crippen molar-refractivity contribution >= 4 is 17.7 Å². The Hall–Kier alpha value is -3.07. The summed E-state index contributed by atoms with van der Waals surface area (Å²) in [7, 11) is 2.03. The standard InChI is InChI=1S/C32H51N5O8/c1-19(2)25(33)22(29(34)45-30-28(42)27(41)26(40)23(18-38)44-30)17-21-11-9-20(10-12-21)7-6-8-24(39)35-32(3,4)31(43)37-15-13-36(5)14-16-37/h9-12,19,23,26-28,30,34,38,40-42H,6-8,13-18,33H2,1-5H3,(H,35,39)/p+1/b25-22-,34-29?/t23?,26-,27-,28+,30-/m0/s1. The summed E-state index contributed by atoms with van der Waals surface area (Å²) in [6.45, 7) is 9.66. The Morgan fingerprint density at radius 1 is 1.07 bits per heavy atom. The normalized spacial score (nSPS) is 25.1. The van der Waals surface area contributed by atoms with E-state index in [9.17, 15) is 30.0 Å². The summed E-state index contributed by atoms with van der Waals surface area (Å²) in [4.78, 5) is 29.6. The van der Waals surface area contributed by atoms with E-state index in [4.69, 9.17) is 20.6 Å². The van der Waals surface area contributed by atoms with E-state index in [2.05, 4.69) is 10.2 Å². The van der Waals surface area contributed by atoms with Gasteiger partial charge in [0.15, 0.2) is 0 Å². The largest absolute Gasteiger partial charge is 0.412 e. The topological polar surface area (TPSA) is 204 Å². The van der Waals surface area contributed by atoms with Crippen LogP contribution in [0.15, 0.2) is 35.5 Å². The number of piperazine rings is 1. The minimum Gasteiger partial charge on any atom is -0.412 e. The van der Waals surface area contributed by atoms with Crippen molar-refractivity contribution in [1.29, 1.82) is 0 Å². The van der Waals surface area contributed by atoms with Gasteiger partial charge in [0.25, 0.3) is 0 Å². The number of aliphatic hydroxyl groups excluding tert-OH is 4. The van der Waals surface area contributed by atoms with Crippen molar-refractivity contribution in [3.05, 3.63) is 46.7 Å². The molecule has 0 radical (unpaired) electrons. The van der Waals surface area contributed by atoms with Gasteiger partial charge in [0.1, 0.15) is 30.0 Å². The van der Waals surface area contributed by atoms with E-state index in [0.29, 0.717) is 50.0 Å². The minimum absolute atomic E-state index is 0.0671. The number of benzene rings is 1. The molecule has 252 valence electrons. The number of likely N-dealkylation sites (N-methyl/N-ethyl adjacent to an activating group) is 1. The van der Waals surface area contributed by atoms with Crippen molar-refractivity contribution in [1.82, 2.24) is 15.1 Å². The van der Waals surface area contributed by atoms with Crippen LogP contribution in [0.1, 0.15) is 51.7 Å². The van der Waals surface area contributed by atoms with Gasteiger partial charge in [-0.05, 0) is 50.8 Å². The maximum absolute atomic E-state index is 13.0. The Balaban J connectivity index is 1.55. The lowest BCUT2D eigenvalue weighted by Crippen LogP contribution is -2.61. The van der Waals surface area contributed by atoms with Gasteiger partial charge in [-0.2, -0.15) is 0 Å². The van der Waals surface area contributed by atoms with Crippen LogP contribution in [0.3, 0.4) is 0 Å². The molecule has 0 bridgehead atoms. The van der Waals surface area contributed by atoms with Gasteiger partial charge in [-0.15, -0.1) is 0 Å². The van der Waals surface area contributed by atoms with Crippen LogP contribution in [0, 0.1) is 5.92 Å². The molecule has 2 heterocycles. The first-order valence-electron chi connectivity index (χ1n) is 15.6. The molecule has 1 unspecified atom stereocenters. The number of rotatable bonds is 12. The van der Waals surface area contributed by atoms with Crippen molar-refractivity contribution in [2.75, 3.05) is 39.8 Å². The molecule has 1 aromatic rings. The third-order valence-electron chi connectivity index (χ3n) is 8.41. The van der Waals surface area contributed by atoms with Crippen LogP contribution < -0.4 is 16.5 Å². The molecule has 2 amide bonds. The molecule has 0 saturated carbocycles. The lowest BCUT2D eigenvalue weighted by Gasteiger charge is -2.39. The molecule has 13 nitrogen and oxygen atoms in total. The van der Waals surface area contributed by atoms with Crippen molar-refractivity contribution in [2.45, 2.75) is 89.6 Å². The summed E-state index contributed by atoms with van der Waals surface area (Å²) in [5.41, 5.74) is 8.31. The Bertz CT molecular complexity index is 1190. The van der Waals surface area contributed by atoms with E-state index in [1.54, 1.807) is 13.8 Å². The number of hydrogen-bond acceptors (Lipinski definition) is 10. The lowest BCUT2D eigenvalue weighted by atomic mass is 9.96. The maximum Gasteiger partial charge on any atom is 0.366 e. The zero-order valence-corrected chi connectivity index (χ0v) is 27.1. The second kappa shape index (κ2) is 16.0. The number of allylic oxidation sites excluding steroid dienone is 1. The predicted octanol–water partition coefficient (Wildman–Crippen LogP) is -1.94. The molecule has 3 rings (SSSR count). The fourth-order valence-electron chi connectivity index (χ4n) is 5.39. The highest BCUT2D eigenvalue weighted by Crippen LogP contribution is 2.24. The summed E-state index contributed by atoms with van der Waals surface area (Å²) >= 11 is 0. The molecular formula is C32H52N5O8+. The molecule has 0 aromatic heterocycles. The van der Waals surface area contributed by atoms with Crippen LogP contribution in [0.4, 0.5) is 0 Å². The molecule has 1 aromatic carbocycles. The first-order chi connectivity index (χ1) is 21.1. The second-order valence-corrected chi connectivity index (χ2v) is 12.9. The number of carbonyl (C=O) groups is 2. The van der Waals surface area contributed by atoms with Crippen LogP contribution in [-0.4, -0.2) is 124 Å². The Morgan fingerprint density at radius 2 is 1.67 bits per heavy atom. The van der Waals surface area contributed by atoms with Gasteiger partial charge in [0.2, 0.25) is 18.1 Å². The van der Waals surface area contributed by atoms with Gasteiger partial charge < -0.3 is 50.8 Å². The number of carbonyl (C=O) groups excluding carboxylic acids is 2. The number of aryl methyl sites for hydroxylation is 1. The van der Waals surface area contributed by atoms with E-state index in [1.165, 1.54) is 0 Å². The van der Waals surface area contributed by atoms with Gasteiger partial charge in [-0.25, -0.2) is 5.41 Å². The molecule has 2 aliphatic rings. The summed E-state index contributed by atoms with van der Waals surface area (Å²) in [5.74, 6) is -0.412. The zero-order chi connectivity index (χ0) is 33.5. The third kappa shape index (κ3) is 9.71. The third-order valence-corrected chi connectivity index (χ3v) is 8.41. The Morgan fingerprint density at radius 3 is 2.24 bits per heavy atom. The van der Waals surface area contributed by atoms with E-state index < -0.39 is 42.9 Å². The molecule has 2 saturated heterocycles. The van der Waals surface area contributed by atoms with Gasteiger partial charge in [-0.1, -0.05) is 38.1 Å². The van der Waals surface area contributed by atoms with E-state index in [0.717, 1.165) is 24.2 Å². The molecule has 13 heteroatoms. The molecule has 2 fully saturated rings. The second-order valence-electron chi connectivity index (χ2n) is 12.9. The highest BCUT2D eigenvalue weighted by molar-refractivity contribution is 5.91.